The molecule has 3 aliphatic heterocycles. The Morgan fingerprint density at radius 1 is 1.06 bits per heavy atom. The first-order valence-electron chi connectivity index (χ1n) is 13.0. The molecule has 190 valence electrons. The third-order valence-electron chi connectivity index (χ3n) is 7.01. The lowest BCUT2D eigenvalue weighted by Gasteiger charge is -2.33. The van der Waals surface area contributed by atoms with Gasteiger partial charge in [0.15, 0.2) is 5.17 Å². The Balaban J connectivity index is 1.14. The summed E-state index contributed by atoms with van der Waals surface area (Å²) in [6.45, 7) is 7.11. The van der Waals surface area contributed by atoms with Gasteiger partial charge in [0.1, 0.15) is 5.25 Å². The lowest BCUT2D eigenvalue weighted by Crippen LogP contribution is -2.38. The van der Waals surface area contributed by atoms with Crippen molar-refractivity contribution in [2.45, 2.75) is 69.6 Å². The lowest BCUT2D eigenvalue weighted by atomic mass is 10.0. The third-order valence-corrected chi connectivity index (χ3v) is 8.22. The van der Waals surface area contributed by atoms with E-state index in [1.54, 1.807) is 24.3 Å². The summed E-state index contributed by atoms with van der Waals surface area (Å²) >= 11 is 1.39. The second-order valence-electron chi connectivity index (χ2n) is 9.71. The smallest absolute Gasteiger partial charge is 0.262 e. The molecule has 0 unspecified atom stereocenters. The molecule has 9 heteroatoms. The fourth-order valence-electron chi connectivity index (χ4n) is 4.87. The topological polar surface area (TPSA) is 94.1 Å². The number of anilines is 1. The largest absolute Gasteiger partial charge is 0.352 e. The van der Waals surface area contributed by atoms with Gasteiger partial charge in [-0.2, -0.15) is 4.99 Å². The maximum absolute atomic E-state index is 12.5. The highest BCUT2D eigenvalue weighted by Gasteiger charge is 2.33. The quantitative estimate of drug-likeness (QED) is 0.505. The second-order valence-corrected chi connectivity index (χ2v) is 10.9. The number of unbranched alkanes of at least 4 members (excludes halogenated alkanes) is 1. The predicted octanol–water partition coefficient (Wildman–Crippen LogP) is 3.49. The van der Waals surface area contributed by atoms with Crippen molar-refractivity contribution in [1.82, 2.24) is 15.1 Å². The number of nitrogens with one attached hydrogen (secondary N) is 2. The predicted molar refractivity (Wildman–Crippen MR) is 141 cm³/mol. The number of amides is 3. The van der Waals surface area contributed by atoms with Crippen LogP contribution in [0.15, 0.2) is 29.3 Å². The molecular weight excluding hydrogens is 462 g/mol. The molecule has 0 aliphatic carbocycles. The summed E-state index contributed by atoms with van der Waals surface area (Å²) < 4.78 is 0. The first kappa shape index (κ1) is 25.7. The van der Waals surface area contributed by atoms with Gasteiger partial charge in [0.25, 0.3) is 11.8 Å². The summed E-state index contributed by atoms with van der Waals surface area (Å²) in [7, 11) is 0. The van der Waals surface area contributed by atoms with E-state index in [0.29, 0.717) is 23.8 Å². The molecule has 0 radical (unpaired) electrons. The number of hydrogen-bond acceptors (Lipinski definition) is 6. The fraction of sp³-hybridized carbons (Fsp3) is 0.615. The normalized spacial score (nSPS) is 22.8. The number of carbonyl (C=O) groups is 3. The Morgan fingerprint density at radius 2 is 1.80 bits per heavy atom. The molecule has 0 saturated carbocycles. The van der Waals surface area contributed by atoms with E-state index in [-0.39, 0.29) is 24.1 Å². The fourth-order valence-corrected chi connectivity index (χ4v) is 5.99. The van der Waals surface area contributed by atoms with Crippen molar-refractivity contribution in [1.29, 1.82) is 0 Å². The second kappa shape index (κ2) is 12.5. The number of thioether (sulfide) groups is 1. The SMILES string of the molecule is C[C@H]1CCCCN1CCCCNC(=O)c1ccc(NC(=O)C[C@H]2SC(N3CCCC3)=NC2=O)cc1. The van der Waals surface area contributed by atoms with E-state index < -0.39 is 5.25 Å². The lowest BCUT2D eigenvalue weighted by molar-refractivity contribution is -0.121. The Kier molecular flexibility index (Phi) is 9.20. The highest BCUT2D eigenvalue weighted by atomic mass is 32.2. The van der Waals surface area contributed by atoms with Crippen LogP contribution < -0.4 is 10.6 Å². The van der Waals surface area contributed by atoms with Crippen LogP contribution in [0, 0.1) is 0 Å². The number of piperidine rings is 1. The minimum atomic E-state index is -0.464. The van der Waals surface area contributed by atoms with Gasteiger partial charge < -0.3 is 20.4 Å². The van der Waals surface area contributed by atoms with E-state index >= 15 is 0 Å². The Morgan fingerprint density at radius 3 is 2.54 bits per heavy atom. The zero-order valence-corrected chi connectivity index (χ0v) is 21.4. The van der Waals surface area contributed by atoms with Gasteiger partial charge in [-0.1, -0.05) is 18.2 Å². The molecule has 2 saturated heterocycles. The summed E-state index contributed by atoms with van der Waals surface area (Å²) in [5.41, 5.74) is 1.18. The third kappa shape index (κ3) is 7.30. The molecule has 2 N–H and O–H groups in total. The van der Waals surface area contributed by atoms with Crippen LogP contribution in [0.1, 0.15) is 68.6 Å². The molecule has 2 atom stereocenters. The molecule has 0 aromatic heterocycles. The monoisotopic (exact) mass is 499 g/mol. The molecule has 8 nitrogen and oxygen atoms in total. The van der Waals surface area contributed by atoms with Gasteiger partial charge in [0.2, 0.25) is 5.91 Å². The zero-order chi connectivity index (χ0) is 24.6. The Hall–Kier alpha value is -2.39. The van der Waals surface area contributed by atoms with Crippen molar-refractivity contribution < 1.29 is 14.4 Å². The van der Waals surface area contributed by atoms with Crippen molar-refractivity contribution in [2.75, 3.05) is 38.0 Å². The number of hydrogen-bond donors (Lipinski definition) is 2. The van der Waals surface area contributed by atoms with Crippen LogP contribution in [0.4, 0.5) is 5.69 Å². The molecule has 1 aromatic carbocycles. The Bertz CT molecular complexity index is 929. The summed E-state index contributed by atoms with van der Waals surface area (Å²) in [6.07, 6.45) is 8.29. The summed E-state index contributed by atoms with van der Waals surface area (Å²) in [6, 6.07) is 7.55. The van der Waals surface area contributed by atoms with Gasteiger partial charge in [-0.15, -0.1) is 0 Å². The number of nitrogens with zero attached hydrogens (tertiary/aromatic N) is 3. The van der Waals surface area contributed by atoms with Gasteiger partial charge in [0.05, 0.1) is 0 Å². The van der Waals surface area contributed by atoms with E-state index in [0.717, 1.165) is 50.5 Å². The first-order valence-corrected chi connectivity index (χ1v) is 13.8. The maximum Gasteiger partial charge on any atom is 0.262 e. The van der Waals surface area contributed by atoms with Crippen LogP contribution in [0.2, 0.25) is 0 Å². The van der Waals surface area contributed by atoms with Crippen LogP contribution in [-0.4, -0.2) is 76.7 Å². The molecule has 3 amide bonds. The van der Waals surface area contributed by atoms with E-state index in [1.165, 1.54) is 37.6 Å². The van der Waals surface area contributed by atoms with Crippen LogP contribution in [0.5, 0.6) is 0 Å². The van der Waals surface area contributed by atoms with Crippen molar-refractivity contribution in [3.8, 4) is 0 Å². The summed E-state index contributed by atoms with van der Waals surface area (Å²) in [5, 5.41) is 6.10. The van der Waals surface area contributed by atoms with Gasteiger partial charge in [-0.25, -0.2) is 0 Å². The van der Waals surface area contributed by atoms with Crippen LogP contribution in [-0.2, 0) is 9.59 Å². The van der Waals surface area contributed by atoms with Gasteiger partial charge >= 0.3 is 0 Å². The number of likely N-dealkylation sites (tertiary alicyclic amines) is 2. The van der Waals surface area contributed by atoms with Crippen molar-refractivity contribution in [3.05, 3.63) is 29.8 Å². The summed E-state index contributed by atoms with van der Waals surface area (Å²) in [4.78, 5) is 45.9. The standard InChI is InChI=1S/C26H37N5O3S/c1-19-8-2-4-14-30(19)15-5-3-13-27-24(33)20-9-11-21(12-10-20)28-23(32)18-22-25(34)29-26(35-22)31-16-6-7-17-31/h9-12,19,22H,2-8,13-18H2,1H3,(H,27,33)(H,28,32)/t19-,22+/m0/s1. The number of amidine groups is 1. The molecule has 2 fully saturated rings. The van der Waals surface area contributed by atoms with Gasteiger partial charge in [-0.05, 0) is 82.8 Å². The minimum absolute atomic E-state index is 0.0861. The Labute approximate surface area is 212 Å². The number of aliphatic imine (C=N–C) groups is 1. The molecule has 0 bridgehead atoms. The van der Waals surface area contributed by atoms with Crippen molar-refractivity contribution in [2.24, 2.45) is 4.99 Å². The molecular formula is C26H37N5O3S. The van der Waals surface area contributed by atoms with Crippen molar-refractivity contribution in [3.63, 3.8) is 0 Å². The average Bonchev–Trinajstić information content (AvgIpc) is 3.51. The van der Waals surface area contributed by atoms with Gasteiger partial charge in [-0.3, -0.25) is 14.4 Å². The summed E-state index contributed by atoms with van der Waals surface area (Å²) in [5.74, 6) is -0.563. The zero-order valence-electron chi connectivity index (χ0n) is 20.6. The van der Waals surface area contributed by atoms with E-state index in [1.807, 2.05) is 0 Å². The van der Waals surface area contributed by atoms with Crippen LogP contribution in [0.25, 0.3) is 0 Å². The van der Waals surface area contributed by atoms with Gasteiger partial charge in [0, 0.05) is 43.3 Å². The molecule has 1 aromatic rings. The highest BCUT2D eigenvalue weighted by molar-refractivity contribution is 8.15. The van der Waals surface area contributed by atoms with E-state index in [2.05, 4.69) is 32.3 Å². The van der Waals surface area contributed by atoms with E-state index in [4.69, 9.17) is 0 Å². The molecule has 3 aliphatic rings. The van der Waals surface area contributed by atoms with Crippen molar-refractivity contribution >= 4 is 40.3 Å². The first-order chi connectivity index (χ1) is 17.0. The number of carbonyl (C=O) groups excluding carboxylic acids is 3. The maximum atomic E-state index is 12.5. The molecule has 4 rings (SSSR count). The van der Waals surface area contributed by atoms with Crippen LogP contribution in [0.3, 0.4) is 0 Å². The minimum Gasteiger partial charge on any atom is -0.352 e. The number of benzene rings is 1. The molecule has 35 heavy (non-hydrogen) atoms. The van der Waals surface area contributed by atoms with E-state index in [9.17, 15) is 14.4 Å². The van der Waals surface area contributed by atoms with Crippen LogP contribution >= 0.6 is 11.8 Å². The number of rotatable bonds is 9. The average molecular weight is 500 g/mol. The highest BCUT2D eigenvalue weighted by Crippen LogP contribution is 2.29. The molecule has 3 heterocycles. The molecule has 0 spiro atoms.